The van der Waals surface area contributed by atoms with Crippen LogP contribution in [0.3, 0.4) is 0 Å². The van der Waals surface area contributed by atoms with E-state index in [1.165, 1.54) is 4.68 Å². The highest BCUT2D eigenvalue weighted by atomic mass is 79.9. The van der Waals surface area contributed by atoms with Crippen molar-refractivity contribution in [3.8, 4) is 23.0 Å². The van der Waals surface area contributed by atoms with E-state index in [9.17, 15) is 4.79 Å². The standard InChI is InChI=1S/C36H27BrN4O3/c1-23-18-27(24(2)40(23)29-13-15-30(16-14-29)43-22-25-8-4-3-5-9-25)21-38-41-35(39-32-11-7-6-10-31(32)36(41)42)34-20-26-19-28(37)12-17-33(26)44-34/h3-21H,22H2,1-2H3. The summed E-state index contributed by atoms with van der Waals surface area (Å²) in [5.74, 6) is 1.59. The van der Waals surface area contributed by atoms with Crippen LogP contribution in [0.15, 0.2) is 128 Å². The summed E-state index contributed by atoms with van der Waals surface area (Å²) in [5.41, 5.74) is 6.03. The molecule has 0 saturated carbocycles. The Bertz CT molecular complexity index is 2230. The van der Waals surface area contributed by atoms with Crippen LogP contribution in [-0.4, -0.2) is 20.4 Å². The zero-order chi connectivity index (χ0) is 30.2. The molecule has 0 fully saturated rings. The van der Waals surface area contributed by atoms with Gasteiger partial charge in [0.25, 0.3) is 5.56 Å². The smallest absolute Gasteiger partial charge is 0.282 e. The predicted molar refractivity (Wildman–Crippen MR) is 178 cm³/mol. The second kappa shape index (κ2) is 11.5. The van der Waals surface area contributed by atoms with Crippen LogP contribution in [0.2, 0.25) is 0 Å². The maximum absolute atomic E-state index is 13.7. The maximum atomic E-state index is 13.7. The molecule has 0 N–H and O–H groups in total. The lowest BCUT2D eigenvalue weighted by molar-refractivity contribution is 0.306. The van der Waals surface area contributed by atoms with Gasteiger partial charge in [-0.25, -0.2) is 4.98 Å². The van der Waals surface area contributed by atoms with Crippen LogP contribution >= 0.6 is 15.9 Å². The minimum absolute atomic E-state index is 0.275. The van der Waals surface area contributed by atoms with Crippen molar-refractivity contribution in [1.29, 1.82) is 0 Å². The largest absolute Gasteiger partial charge is 0.489 e. The highest BCUT2D eigenvalue weighted by Crippen LogP contribution is 2.29. The van der Waals surface area contributed by atoms with E-state index >= 15 is 0 Å². The van der Waals surface area contributed by atoms with Crippen molar-refractivity contribution >= 4 is 44.0 Å². The van der Waals surface area contributed by atoms with Gasteiger partial charge in [0.1, 0.15) is 17.9 Å². The van der Waals surface area contributed by atoms with Crippen LogP contribution in [0.25, 0.3) is 39.1 Å². The number of para-hydroxylation sites is 1. The Kier molecular flexibility index (Phi) is 7.20. The Morgan fingerprint density at radius 2 is 1.68 bits per heavy atom. The summed E-state index contributed by atoms with van der Waals surface area (Å²) in [6.45, 7) is 4.60. The summed E-state index contributed by atoms with van der Waals surface area (Å²) >= 11 is 3.51. The fraction of sp³-hybridized carbons (Fsp3) is 0.0833. The fourth-order valence-corrected chi connectivity index (χ4v) is 5.76. The number of hydrogen-bond acceptors (Lipinski definition) is 5. The number of ether oxygens (including phenoxy) is 1. The molecule has 7 nitrogen and oxygen atoms in total. The Morgan fingerprint density at radius 3 is 2.50 bits per heavy atom. The van der Waals surface area contributed by atoms with E-state index in [0.717, 1.165) is 43.8 Å². The van der Waals surface area contributed by atoms with E-state index in [4.69, 9.17) is 14.1 Å². The van der Waals surface area contributed by atoms with Gasteiger partial charge in [-0.2, -0.15) is 9.78 Å². The van der Waals surface area contributed by atoms with Crippen molar-refractivity contribution in [3.63, 3.8) is 0 Å². The first-order valence-corrected chi connectivity index (χ1v) is 15.0. The summed E-state index contributed by atoms with van der Waals surface area (Å²) in [7, 11) is 0. The van der Waals surface area contributed by atoms with Crippen molar-refractivity contribution in [1.82, 2.24) is 14.2 Å². The normalized spacial score (nSPS) is 11.6. The number of aryl methyl sites for hydroxylation is 1. The van der Waals surface area contributed by atoms with E-state index in [1.807, 2.05) is 111 Å². The van der Waals surface area contributed by atoms with E-state index in [2.05, 4.69) is 31.7 Å². The van der Waals surface area contributed by atoms with Gasteiger partial charge in [-0.15, -0.1) is 0 Å². The lowest BCUT2D eigenvalue weighted by Crippen LogP contribution is -2.20. The van der Waals surface area contributed by atoms with Gasteiger partial charge in [0.15, 0.2) is 5.76 Å². The number of benzene rings is 4. The first kappa shape index (κ1) is 27.6. The van der Waals surface area contributed by atoms with Crippen molar-refractivity contribution in [2.24, 2.45) is 5.10 Å². The van der Waals surface area contributed by atoms with Gasteiger partial charge in [0.05, 0.1) is 17.1 Å². The average molecular weight is 644 g/mol. The number of nitrogens with zero attached hydrogens (tertiary/aromatic N) is 4. The Morgan fingerprint density at radius 1 is 0.909 bits per heavy atom. The van der Waals surface area contributed by atoms with Gasteiger partial charge in [-0.1, -0.05) is 58.4 Å². The molecule has 7 aromatic rings. The molecule has 216 valence electrons. The van der Waals surface area contributed by atoms with Gasteiger partial charge >= 0.3 is 0 Å². The highest BCUT2D eigenvalue weighted by Gasteiger charge is 2.17. The third kappa shape index (κ3) is 5.24. The molecule has 7 rings (SSSR count). The van der Waals surface area contributed by atoms with E-state index < -0.39 is 0 Å². The summed E-state index contributed by atoms with van der Waals surface area (Å²) in [6, 6.07) is 35.1. The zero-order valence-electron chi connectivity index (χ0n) is 24.1. The fourth-order valence-electron chi connectivity index (χ4n) is 5.38. The van der Waals surface area contributed by atoms with Crippen molar-refractivity contribution in [2.45, 2.75) is 20.5 Å². The summed E-state index contributed by atoms with van der Waals surface area (Å²) < 4.78 is 16.5. The maximum Gasteiger partial charge on any atom is 0.282 e. The first-order chi connectivity index (χ1) is 21.4. The molecular formula is C36H27BrN4O3. The van der Waals surface area contributed by atoms with E-state index in [-0.39, 0.29) is 5.56 Å². The van der Waals surface area contributed by atoms with Crippen LogP contribution in [0, 0.1) is 13.8 Å². The molecule has 0 aliphatic carbocycles. The van der Waals surface area contributed by atoms with Gasteiger partial charge in [-0.3, -0.25) is 4.79 Å². The molecular weight excluding hydrogens is 616 g/mol. The van der Waals surface area contributed by atoms with Gasteiger partial charge < -0.3 is 13.7 Å². The second-order valence-electron chi connectivity index (χ2n) is 10.5. The quantitative estimate of drug-likeness (QED) is 0.164. The zero-order valence-corrected chi connectivity index (χ0v) is 25.7. The molecule has 4 aromatic carbocycles. The monoisotopic (exact) mass is 642 g/mol. The molecule has 0 amide bonds. The number of furan rings is 1. The van der Waals surface area contributed by atoms with Gasteiger partial charge in [0.2, 0.25) is 5.82 Å². The lowest BCUT2D eigenvalue weighted by atomic mass is 10.2. The molecule has 0 unspecified atom stereocenters. The third-order valence-corrected chi connectivity index (χ3v) is 8.07. The minimum Gasteiger partial charge on any atom is -0.489 e. The number of hydrogen-bond donors (Lipinski definition) is 0. The molecule has 0 radical (unpaired) electrons. The lowest BCUT2D eigenvalue weighted by Gasteiger charge is -2.11. The van der Waals surface area contributed by atoms with Gasteiger partial charge in [0, 0.05) is 32.5 Å². The van der Waals surface area contributed by atoms with Crippen LogP contribution < -0.4 is 10.3 Å². The highest BCUT2D eigenvalue weighted by molar-refractivity contribution is 9.10. The van der Waals surface area contributed by atoms with Crippen LogP contribution in [0.4, 0.5) is 0 Å². The number of halogens is 1. The molecule has 44 heavy (non-hydrogen) atoms. The molecule has 0 spiro atoms. The molecule has 0 bridgehead atoms. The molecule has 0 saturated heterocycles. The van der Waals surface area contributed by atoms with Crippen molar-refractivity contribution in [3.05, 3.63) is 147 Å². The number of rotatable bonds is 7. The minimum atomic E-state index is -0.275. The molecule has 0 aliphatic heterocycles. The van der Waals surface area contributed by atoms with Crippen LogP contribution in [-0.2, 0) is 6.61 Å². The van der Waals surface area contributed by atoms with Gasteiger partial charge in [-0.05, 0) is 86.1 Å². The third-order valence-electron chi connectivity index (χ3n) is 7.58. The SMILES string of the molecule is Cc1cc(C=Nn2c(-c3cc4cc(Br)ccc4o3)nc3ccccc3c2=O)c(C)n1-c1ccc(OCc2ccccc2)cc1. The molecule has 0 atom stereocenters. The molecule has 3 aromatic heterocycles. The molecule has 8 heteroatoms. The Hall–Kier alpha value is -5.21. The number of fused-ring (bicyclic) bond motifs is 2. The first-order valence-electron chi connectivity index (χ1n) is 14.2. The average Bonchev–Trinajstić information content (AvgIpc) is 3.59. The van der Waals surface area contributed by atoms with Crippen molar-refractivity contribution < 1.29 is 9.15 Å². The predicted octanol–water partition coefficient (Wildman–Crippen LogP) is 8.44. The van der Waals surface area contributed by atoms with Crippen LogP contribution in [0.5, 0.6) is 5.75 Å². The second-order valence-corrected chi connectivity index (χ2v) is 11.5. The topological polar surface area (TPSA) is 74.5 Å². The molecule has 3 heterocycles. The summed E-state index contributed by atoms with van der Waals surface area (Å²) in [6.07, 6.45) is 1.71. The summed E-state index contributed by atoms with van der Waals surface area (Å²) in [5, 5.41) is 6.06. The molecule has 0 aliphatic rings. The summed E-state index contributed by atoms with van der Waals surface area (Å²) in [4.78, 5) is 18.5. The van der Waals surface area contributed by atoms with E-state index in [0.29, 0.717) is 34.7 Å². The Labute approximate surface area is 261 Å². The van der Waals surface area contributed by atoms with E-state index in [1.54, 1.807) is 12.3 Å². The number of aromatic nitrogens is 3. The van der Waals surface area contributed by atoms with Crippen LogP contribution in [0.1, 0.15) is 22.5 Å². The van der Waals surface area contributed by atoms with Crippen molar-refractivity contribution in [2.75, 3.05) is 0 Å². The Balaban J connectivity index is 1.23.